The van der Waals surface area contributed by atoms with Gasteiger partial charge in [0.05, 0.1) is 16.5 Å². The minimum atomic E-state index is -2.82. The van der Waals surface area contributed by atoms with Crippen LogP contribution in [0.1, 0.15) is 5.56 Å². The molecule has 2 aliphatic heterocycles. The van der Waals surface area contributed by atoms with Gasteiger partial charge in [0.15, 0.2) is 0 Å². The van der Waals surface area contributed by atoms with Gasteiger partial charge in [-0.05, 0) is 53.4 Å². The van der Waals surface area contributed by atoms with Crippen molar-refractivity contribution in [3.63, 3.8) is 0 Å². The van der Waals surface area contributed by atoms with Gasteiger partial charge < -0.3 is 9.80 Å². The maximum Gasteiger partial charge on any atom is 0.259 e. The number of anilines is 2. The first-order chi connectivity index (χ1) is 16.8. The van der Waals surface area contributed by atoms with Crippen molar-refractivity contribution in [2.75, 3.05) is 22.9 Å². The van der Waals surface area contributed by atoms with Crippen molar-refractivity contribution in [2.45, 2.75) is 23.8 Å². The molecule has 35 heavy (non-hydrogen) atoms. The second-order valence-corrected chi connectivity index (χ2v) is 9.27. The minimum Gasteiger partial charge on any atom is -0.367 e. The smallest absolute Gasteiger partial charge is 0.259 e. The van der Waals surface area contributed by atoms with E-state index < -0.39 is 41.7 Å². The molecule has 1 unspecified atom stereocenters. The predicted octanol–water partition coefficient (Wildman–Crippen LogP) is 5.40. The highest BCUT2D eigenvalue weighted by Gasteiger charge is 2.45. The molecule has 3 aromatic carbocycles. The molecule has 2 N–H and O–H groups in total. The summed E-state index contributed by atoms with van der Waals surface area (Å²) in [6.45, 7) is 0.270. The van der Waals surface area contributed by atoms with Crippen molar-refractivity contribution in [2.24, 2.45) is 11.1 Å². The van der Waals surface area contributed by atoms with Gasteiger partial charge in [-0.2, -0.15) is 0 Å². The summed E-state index contributed by atoms with van der Waals surface area (Å²) >= 11 is 0.639. The number of fused-ring (bicyclic) bond motifs is 1. The summed E-state index contributed by atoms with van der Waals surface area (Å²) in [5.74, 6) is -2.82. The van der Waals surface area contributed by atoms with Crippen LogP contribution < -0.4 is 14.9 Å². The van der Waals surface area contributed by atoms with Crippen LogP contribution in [-0.4, -0.2) is 31.5 Å². The summed E-state index contributed by atoms with van der Waals surface area (Å²) in [6, 6.07) is 11.4. The van der Waals surface area contributed by atoms with E-state index in [0.717, 1.165) is 11.0 Å². The van der Waals surface area contributed by atoms with Crippen LogP contribution in [0.5, 0.6) is 0 Å². The number of halogens is 5. The third kappa shape index (κ3) is 4.14. The molecule has 0 radical (unpaired) electrons. The summed E-state index contributed by atoms with van der Waals surface area (Å²) in [5, 5.41) is 5.47. The van der Waals surface area contributed by atoms with Crippen LogP contribution in [-0.2, 0) is 11.2 Å². The first-order valence-electron chi connectivity index (χ1n) is 10.9. The van der Waals surface area contributed by atoms with Crippen LogP contribution in [0.4, 0.5) is 33.3 Å². The van der Waals surface area contributed by atoms with E-state index in [1.54, 1.807) is 29.2 Å². The van der Waals surface area contributed by atoms with Gasteiger partial charge >= 0.3 is 0 Å². The van der Waals surface area contributed by atoms with Crippen LogP contribution in [0.2, 0.25) is 0 Å². The molecule has 2 heterocycles. The van der Waals surface area contributed by atoms with E-state index in [-0.39, 0.29) is 41.3 Å². The number of hydrogen-bond donors (Lipinski definition) is 1. The average Bonchev–Trinajstić information content (AvgIpc) is 3.17. The van der Waals surface area contributed by atoms with Crippen LogP contribution in [0.15, 0.2) is 59.5 Å². The Bertz CT molecular complexity index is 1300. The lowest BCUT2D eigenvalue weighted by Crippen LogP contribution is -2.57. The highest BCUT2D eigenvalue weighted by Crippen LogP contribution is 2.40. The number of rotatable bonds is 5. The van der Waals surface area contributed by atoms with E-state index in [0.29, 0.717) is 23.1 Å². The number of carbonyl (C=O) groups is 1. The summed E-state index contributed by atoms with van der Waals surface area (Å²) in [4.78, 5) is 16.0. The maximum absolute atomic E-state index is 14.8. The highest BCUT2D eigenvalue weighted by atomic mass is 32.2. The molecule has 0 saturated carbocycles. The molecular formula is C25H20F5N3OS. The van der Waals surface area contributed by atoms with Gasteiger partial charge in [0.1, 0.15) is 23.5 Å². The predicted molar refractivity (Wildman–Crippen MR) is 125 cm³/mol. The third-order valence-corrected chi connectivity index (χ3v) is 7.08. The lowest BCUT2D eigenvalue weighted by molar-refractivity contribution is -0.124. The zero-order valence-electron chi connectivity index (χ0n) is 18.2. The molecule has 4 nitrogen and oxygen atoms in total. The number of nitrogens with two attached hydrogens (primary N) is 1. The Balaban J connectivity index is 1.34. The van der Waals surface area contributed by atoms with Crippen molar-refractivity contribution in [3.8, 4) is 11.1 Å². The Kier molecular flexibility index (Phi) is 6.18. The van der Waals surface area contributed by atoms with E-state index in [1.165, 1.54) is 24.3 Å². The van der Waals surface area contributed by atoms with Crippen LogP contribution in [0.3, 0.4) is 0 Å². The standard InChI is InChI=1S/C25H20F5N3OS/c26-17-4-2-1-3-16(17)13-5-6-20(18(27)7-13)32-11-15(12-32)25(34)33-21-10-23(35-31)19(28)8-14(21)9-22(33)24(29)30/h1-8,10,15,22,24H,9,11-12,31H2. The molecule has 1 atom stereocenters. The van der Waals surface area contributed by atoms with Gasteiger partial charge in [0.2, 0.25) is 5.91 Å². The van der Waals surface area contributed by atoms with E-state index in [9.17, 15) is 26.7 Å². The molecule has 3 aromatic rings. The maximum atomic E-state index is 14.8. The summed E-state index contributed by atoms with van der Waals surface area (Å²) in [7, 11) is 0. The fraction of sp³-hybridized carbons (Fsp3) is 0.240. The van der Waals surface area contributed by atoms with Gasteiger partial charge in [0.25, 0.3) is 6.43 Å². The van der Waals surface area contributed by atoms with Crippen molar-refractivity contribution in [1.82, 2.24) is 0 Å². The number of benzene rings is 3. The van der Waals surface area contributed by atoms with Crippen molar-refractivity contribution >= 4 is 29.2 Å². The largest absolute Gasteiger partial charge is 0.367 e. The molecule has 182 valence electrons. The molecule has 10 heteroatoms. The summed E-state index contributed by atoms with van der Waals surface area (Å²) in [5.41, 5.74) is 1.45. The number of hydrogen-bond acceptors (Lipinski definition) is 4. The first-order valence-corrected chi connectivity index (χ1v) is 11.8. The molecule has 2 aliphatic rings. The molecule has 0 aromatic heterocycles. The quantitative estimate of drug-likeness (QED) is 0.373. The molecule has 1 saturated heterocycles. The third-order valence-electron chi connectivity index (χ3n) is 6.51. The lowest BCUT2D eigenvalue weighted by atomic mass is 9.96. The van der Waals surface area contributed by atoms with Gasteiger partial charge in [-0.25, -0.2) is 22.0 Å². The lowest BCUT2D eigenvalue weighted by Gasteiger charge is -2.42. The Morgan fingerprint density at radius 3 is 2.34 bits per heavy atom. The molecular weight excluding hydrogens is 485 g/mol. The fourth-order valence-electron chi connectivity index (χ4n) is 4.70. The molecule has 5 rings (SSSR count). The minimum absolute atomic E-state index is 0.0590. The zero-order valence-corrected chi connectivity index (χ0v) is 19.0. The Hall–Kier alpha value is -3.11. The van der Waals surface area contributed by atoms with Crippen molar-refractivity contribution in [3.05, 3.63) is 77.6 Å². The van der Waals surface area contributed by atoms with E-state index in [4.69, 9.17) is 5.14 Å². The monoisotopic (exact) mass is 505 g/mol. The van der Waals surface area contributed by atoms with Crippen LogP contribution in [0.25, 0.3) is 11.1 Å². The number of carbonyl (C=O) groups excluding carboxylic acids is 1. The van der Waals surface area contributed by atoms with E-state index in [2.05, 4.69) is 0 Å². The van der Waals surface area contributed by atoms with Crippen LogP contribution in [0, 0.1) is 23.4 Å². The highest BCUT2D eigenvalue weighted by molar-refractivity contribution is 7.97. The molecule has 0 bridgehead atoms. The number of nitrogens with zero attached hydrogens (tertiary/aromatic N) is 2. The average molecular weight is 506 g/mol. The Morgan fingerprint density at radius 2 is 1.69 bits per heavy atom. The van der Waals surface area contributed by atoms with Crippen LogP contribution >= 0.6 is 11.9 Å². The van der Waals surface area contributed by atoms with Gasteiger partial charge in [0, 0.05) is 30.8 Å². The van der Waals surface area contributed by atoms with Gasteiger partial charge in [-0.3, -0.25) is 9.93 Å². The van der Waals surface area contributed by atoms with Crippen molar-refractivity contribution in [1.29, 1.82) is 0 Å². The zero-order chi connectivity index (χ0) is 24.9. The number of alkyl halides is 2. The van der Waals surface area contributed by atoms with Gasteiger partial charge in [-0.1, -0.05) is 24.3 Å². The topological polar surface area (TPSA) is 49.6 Å². The van der Waals surface area contributed by atoms with E-state index in [1.807, 2.05) is 0 Å². The molecule has 0 spiro atoms. The summed E-state index contributed by atoms with van der Waals surface area (Å²) < 4.78 is 70.6. The Labute approximate surface area is 202 Å². The Morgan fingerprint density at radius 1 is 0.943 bits per heavy atom. The second-order valence-electron chi connectivity index (χ2n) is 8.59. The van der Waals surface area contributed by atoms with E-state index >= 15 is 0 Å². The molecule has 1 fully saturated rings. The fourth-order valence-corrected chi connectivity index (χ4v) is 5.05. The second kappa shape index (κ2) is 9.16. The SMILES string of the molecule is NSc1cc2c(cc1F)CC(C(F)F)N2C(=O)C1CN(c2ccc(-c3ccccc3F)cc2F)C1. The van der Waals surface area contributed by atoms with Gasteiger partial charge in [-0.15, -0.1) is 0 Å². The normalized spacial score (nSPS) is 17.6. The molecule has 1 amide bonds. The van der Waals surface area contributed by atoms with Crippen molar-refractivity contribution < 1.29 is 26.7 Å². The number of amides is 1. The molecule has 0 aliphatic carbocycles. The first kappa shape index (κ1) is 23.6. The summed E-state index contributed by atoms with van der Waals surface area (Å²) in [6.07, 6.45) is -2.98.